The molecule has 0 aromatic heterocycles. The maximum absolute atomic E-state index is 9.22. The molecule has 0 spiro atoms. The van der Waals surface area contributed by atoms with Crippen molar-refractivity contribution in [1.82, 2.24) is 0 Å². The molecule has 100 valence electrons. The lowest BCUT2D eigenvalue weighted by molar-refractivity contribution is 0.00262. The summed E-state index contributed by atoms with van der Waals surface area (Å²) in [6.07, 6.45) is 5.77. The molecule has 0 bridgehead atoms. The van der Waals surface area contributed by atoms with E-state index in [-0.39, 0.29) is 12.0 Å². The van der Waals surface area contributed by atoms with Gasteiger partial charge in [0.2, 0.25) is 0 Å². The van der Waals surface area contributed by atoms with Crippen LogP contribution in [-0.2, 0) is 4.74 Å². The third-order valence-electron chi connectivity index (χ3n) is 3.88. The maximum Gasteiger partial charge on any atom is 0.0739 e. The van der Waals surface area contributed by atoms with Gasteiger partial charge in [-0.1, -0.05) is 36.4 Å². The molecule has 2 nitrogen and oxygen atoms in total. The number of ether oxygens (including phenoxy) is 1. The molecule has 1 aliphatic carbocycles. The Balaban J connectivity index is 1.99. The molecule has 0 aliphatic heterocycles. The first-order valence-electron chi connectivity index (χ1n) is 7.02. The fourth-order valence-corrected chi connectivity index (χ4v) is 2.79. The maximum atomic E-state index is 9.22. The molecular formula is C17H21NO. The summed E-state index contributed by atoms with van der Waals surface area (Å²) in [4.78, 5) is 0. The molecular weight excluding hydrogens is 234 g/mol. The molecule has 3 unspecified atom stereocenters. The zero-order valence-electron chi connectivity index (χ0n) is 11.3. The SMILES string of the molecule is C=CCCOC1CC(c2ccccc2)CCC1C#N. The second-order valence-electron chi connectivity index (χ2n) is 5.14. The van der Waals surface area contributed by atoms with E-state index in [4.69, 9.17) is 4.74 Å². The van der Waals surface area contributed by atoms with Crippen molar-refractivity contribution >= 4 is 0 Å². The Morgan fingerprint density at radius 2 is 2.11 bits per heavy atom. The average molecular weight is 255 g/mol. The number of hydrogen-bond acceptors (Lipinski definition) is 2. The first-order valence-corrected chi connectivity index (χ1v) is 7.02. The molecule has 0 amide bonds. The van der Waals surface area contributed by atoms with Gasteiger partial charge in [-0.25, -0.2) is 0 Å². The molecule has 2 rings (SSSR count). The van der Waals surface area contributed by atoms with E-state index in [1.807, 2.05) is 12.1 Å². The van der Waals surface area contributed by atoms with Crippen LogP contribution >= 0.6 is 0 Å². The number of benzene rings is 1. The van der Waals surface area contributed by atoms with Gasteiger partial charge in [-0.15, -0.1) is 6.58 Å². The molecule has 2 heteroatoms. The number of nitriles is 1. The lowest BCUT2D eigenvalue weighted by Crippen LogP contribution is -2.30. The van der Waals surface area contributed by atoms with Gasteiger partial charge in [0.05, 0.1) is 24.7 Å². The normalized spacial score (nSPS) is 26.6. The monoisotopic (exact) mass is 255 g/mol. The molecule has 0 heterocycles. The van der Waals surface area contributed by atoms with Crippen LogP contribution in [0, 0.1) is 17.2 Å². The number of nitrogens with zero attached hydrogens (tertiary/aromatic N) is 1. The molecule has 1 fully saturated rings. The molecule has 19 heavy (non-hydrogen) atoms. The third kappa shape index (κ3) is 3.68. The second-order valence-corrected chi connectivity index (χ2v) is 5.14. The standard InChI is InChI=1S/C17H21NO/c1-2-3-11-19-17-12-15(9-10-16(17)13-18)14-7-5-4-6-8-14/h2,4-8,15-17H,1,3,9-12H2. The Hall–Kier alpha value is -1.59. The molecule has 0 saturated heterocycles. The Morgan fingerprint density at radius 3 is 2.79 bits per heavy atom. The summed E-state index contributed by atoms with van der Waals surface area (Å²) in [5.74, 6) is 0.573. The third-order valence-corrected chi connectivity index (χ3v) is 3.88. The van der Waals surface area contributed by atoms with Gasteiger partial charge in [-0.3, -0.25) is 0 Å². The minimum atomic E-state index is 0.0461. The predicted octanol–water partition coefficient (Wildman–Crippen LogP) is 4.06. The van der Waals surface area contributed by atoms with Gasteiger partial charge in [-0.05, 0) is 37.2 Å². The van der Waals surface area contributed by atoms with E-state index in [0.717, 1.165) is 25.7 Å². The molecule has 1 aromatic rings. The number of hydrogen-bond donors (Lipinski definition) is 0. The fourth-order valence-electron chi connectivity index (χ4n) is 2.79. The van der Waals surface area contributed by atoms with Gasteiger partial charge < -0.3 is 4.74 Å². The van der Waals surface area contributed by atoms with Crippen LogP contribution in [0.3, 0.4) is 0 Å². The first-order chi connectivity index (χ1) is 9.35. The lowest BCUT2D eigenvalue weighted by atomic mass is 9.77. The van der Waals surface area contributed by atoms with Crippen molar-refractivity contribution in [3.05, 3.63) is 48.6 Å². The summed E-state index contributed by atoms with van der Waals surface area (Å²) in [5.41, 5.74) is 1.37. The summed E-state index contributed by atoms with van der Waals surface area (Å²) < 4.78 is 5.88. The molecule has 3 atom stereocenters. The fraction of sp³-hybridized carbons (Fsp3) is 0.471. The van der Waals surface area contributed by atoms with Crippen molar-refractivity contribution in [3.8, 4) is 6.07 Å². The van der Waals surface area contributed by atoms with Gasteiger partial charge >= 0.3 is 0 Å². The highest BCUT2D eigenvalue weighted by atomic mass is 16.5. The van der Waals surface area contributed by atoms with Gasteiger partial charge in [0.1, 0.15) is 0 Å². The summed E-state index contributed by atoms with van der Waals surface area (Å²) >= 11 is 0. The Morgan fingerprint density at radius 1 is 1.32 bits per heavy atom. The second kappa shape index (κ2) is 7.11. The average Bonchev–Trinajstić information content (AvgIpc) is 2.48. The van der Waals surface area contributed by atoms with E-state index in [2.05, 4.69) is 36.9 Å². The highest BCUT2D eigenvalue weighted by Gasteiger charge is 2.31. The topological polar surface area (TPSA) is 33.0 Å². The molecule has 1 aliphatic rings. The van der Waals surface area contributed by atoms with E-state index in [9.17, 15) is 5.26 Å². The van der Waals surface area contributed by atoms with Crippen molar-refractivity contribution in [2.45, 2.75) is 37.7 Å². The van der Waals surface area contributed by atoms with E-state index in [0.29, 0.717) is 12.5 Å². The summed E-state index contributed by atoms with van der Waals surface area (Å²) in [6, 6.07) is 13.0. The number of rotatable bonds is 5. The van der Waals surface area contributed by atoms with Crippen LogP contribution in [0.1, 0.15) is 37.2 Å². The molecule has 1 saturated carbocycles. The van der Waals surface area contributed by atoms with Crippen LogP contribution < -0.4 is 0 Å². The minimum absolute atomic E-state index is 0.0461. The summed E-state index contributed by atoms with van der Waals surface area (Å²) in [6.45, 7) is 4.37. The Labute approximate surface area is 115 Å². The molecule has 0 radical (unpaired) electrons. The van der Waals surface area contributed by atoms with Gasteiger partial charge in [0.15, 0.2) is 0 Å². The van der Waals surface area contributed by atoms with Crippen LogP contribution in [0.4, 0.5) is 0 Å². The largest absolute Gasteiger partial charge is 0.377 e. The summed E-state index contributed by atoms with van der Waals surface area (Å²) in [5, 5.41) is 9.22. The van der Waals surface area contributed by atoms with Gasteiger partial charge in [0.25, 0.3) is 0 Å². The van der Waals surface area contributed by atoms with Gasteiger partial charge in [-0.2, -0.15) is 5.26 Å². The minimum Gasteiger partial charge on any atom is -0.377 e. The van der Waals surface area contributed by atoms with Crippen LogP contribution in [0.5, 0.6) is 0 Å². The van der Waals surface area contributed by atoms with Crippen LogP contribution in [0.25, 0.3) is 0 Å². The quantitative estimate of drug-likeness (QED) is 0.587. The molecule has 1 aromatic carbocycles. The highest BCUT2D eigenvalue weighted by Crippen LogP contribution is 2.37. The van der Waals surface area contributed by atoms with E-state index in [1.165, 1.54) is 5.56 Å². The highest BCUT2D eigenvalue weighted by molar-refractivity contribution is 5.20. The van der Waals surface area contributed by atoms with E-state index < -0.39 is 0 Å². The van der Waals surface area contributed by atoms with Crippen LogP contribution in [-0.4, -0.2) is 12.7 Å². The van der Waals surface area contributed by atoms with Crippen molar-refractivity contribution in [1.29, 1.82) is 5.26 Å². The zero-order chi connectivity index (χ0) is 13.5. The van der Waals surface area contributed by atoms with Crippen molar-refractivity contribution in [2.24, 2.45) is 5.92 Å². The predicted molar refractivity (Wildman–Crippen MR) is 76.7 cm³/mol. The van der Waals surface area contributed by atoms with Crippen LogP contribution in [0.15, 0.2) is 43.0 Å². The van der Waals surface area contributed by atoms with Crippen molar-refractivity contribution in [3.63, 3.8) is 0 Å². The zero-order valence-corrected chi connectivity index (χ0v) is 11.3. The van der Waals surface area contributed by atoms with Crippen LogP contribution in [0.2, 0.25) is 0 Å². The van der Waals surface area contributed by atoms with E-state index >= 15 is 0 Å². The lowest BCUT2D eigenvalue weighted by Gasteiger charge is -2.33. The smallest absolute Gasteiger partial charge is 0.0739 e. The summed E-state index contributed by atoms with van der Waals surface area (Å²) in [7, 11) is 0. The Bertz CT molecular complexity index is 434. The first kappa shape index (κ1) is 13.8. The molecule has 0 N–H and O–H groups in total. The van der Waals surface area contributed by atoms with E-state index in [1.54, 1.807) is 0 Å². The Kier molecular flexibility index (Phi) is 5.18. The van der Waals surface area contributed by atoms with Crippen molar-refractivity contribution in [2.75, 3.05) is 6.61 Å². The van der Waals surface area contributed by atoms with Crippen molar-refractivity contribution < 1.29 is 4.74 Å². The van der Waals surface area contributed by atoms with Gasteiger partial charge in [0, 0.05) is 0 Å².